The van der Waals surface area contributed by atoms with Crippen molar-refractivity contribution in [2.45, 2.75) is 6.92 Å². The molecule has 0 amide bonds. The molecule has 1 heterocycles. The van der Waals surface area contributed by atoms with Crippen LogP contribution < -0.4 is 4.74 Å². The van der Waals surface area contributed by atoms with Crippen LogP contribution in [0.5, 0.6) is 5.75 Å². The summed E-state index contributed by atoms with van der Waals surface area (Å²) in [4.78, 5) is 2.15. The first-order valence-electron chi connectivity index (χ1n) is 6.32. The Kier molecular flexibility index (Phi) is 4.65. The second kappa shape index (κ2) is 6.44. The second-order valence-corrected chi connectivity index (χ2v) is 5.08. The molecule has 1 aromatic rings. The van der Waals surface area contributed by atoms with Crippen LogP contribution in [0.2, 0.25) is 0 Å². The number of likely N-dealkylation sites (N-methyl/N-ethyl adjacent to an activating group) is 1. The highest BCUT2D eigenvalue weighted by Gasteiger charge is 2.18. The van der Waals surface area contributed by atoms with Crippen LogP contribution in [-0.2, 0) is 0 Å². The van der Waals surface area contributed by atoms with Gasteiger partial charge in [-0.15, -0.1) is 0 Å². The largest absolute Gasteiger partial charge is 0.479 e. The molecule has 20 heavy (non-hydrogen) atoms. The number of benzene rings is 1. The van der Waals surface area contributed by atoms with Crippen molar-refractivity contribution in [2.75, 3.05) is 13.2 Å². The molecule has 1 aromatic carbocycles. The quantitative estimate of drug-likeness (QED) is 0.835. The maximum absolute atomic E-state index is 8.50. The molecule has 0 spiro atoms. The van der Waals surface area contributed by atoms with E-state index in [2.05, 4.69) is 40.4 Å². The summed E-state index contributed by atoms with van der Waals surface area (Å²) in [7, 11) is 0. The van der Waals surface area contributed by atoms with E-state index in [0.29, 0.717) is 5.75 Å². The van der Waals surface area contributed by atoms with Gasteiger partial charge in [-0.25, -0.2) is 0 Å². The molecule has 0 fully saturated rings. The van der Waals surface area contributed by atoms with Gasteiger partial charge in [-0.2, -0.15) is 5.26 Å². The fourth-order valence-corrected chi connectivity index (χ4v) is 2.41. The summed E-state index contributed by atoms with van der Waals surface area (Å²) >= 11 is 3.50. The standard InChI is InChI=1S/C16H15BrN2O/c1-3-19-12(2)15(17)8-9-16(19)13-4-6-14(7-5-13)20-11-10-18/h4-9H,2-3,11H2,1H3. The van der Waals surface area contributed by atoms with E-state index in [1.165, 1.54) is 0 Å². The third-order valence-electron chi connectivity index (χ3n) is 3.05. The lowest BCUT2D eigenvalue weighted by Gasteiger charge is -2.30. The van der Waals surface area contributed by atoms with Gasteiger partial charge in [0.1, 0.15) is 11.8 Å². The second-order valence-electron chi connectivity index (χ2n) is 4.23. The Morgan fingerprint density at radius 2 is 2.00 bits per heavy atom. The van der Waals surface area contributed by atoms with Crippen LogP contribution >= 0.6 is 15.9 Å². The predicted molar refractivity (Wildman–Crippen MR) is 84.1 cm³/mol. The molecular formula is C16H15BrN2O. The van der Waals surface area contributed by atoms with Crippen LogP contribution in [0.15, 0.2) is 53.2 Å². The number of hydrogen-bond acceptors (Lipinski definition) is 3. The molecule has 0 saturated heterocycles. The van der Waals surface area contributed by atoms with Crippen molar-refractivity contribution >= 4 is 21.6 Å². The fourth-order valence-electron chi connectivity index (χ4n) is 2.06. The molecule has 0 atom stereocenters. The van der Waals surface area contributed by atoms with Gasteiger partial charge in [0.2, 0.25) is 0 Å². The molecule has 1 aliphatic rings. The number of allylic oxidation sites excluding steroid dienone is 3. The summed E-state index contributed by atoms with van der Waals surface area (Å²) in [5.74, 6) is 0.699. The van der Waals surface area contributed by atoms with E-state index in [-0.39, 0.29) is 6.61 Å². The highest BCUT2D eigenvalue weighted by molar-refractivity contribution is 9.12. The van der Waals surface area contributed by atoms with Gasteiger partial charge in [-0.05, 0) is 64.8 Å². The molecule has 1 aliphatic heterocycles. The molecule has 3 nitrogen and oxygen atoms in total. The van der Waals surface area contributed by atoms with Crippen molar-refractivity contribution < 1.29 is 4.74 Å². The third-order valence-corrected chi connectivity index (χ3v) is 3.77. The number of rotatable bonds is 4. The van der Waals surface area contributed by atoms with Gasteiger partial charge in [-0.3, -0.25) is 0 Å². The molecule has 102 valence electrons. The Balaban J connectivity index is 2.26. The summed E-state index contributed by atoms with van der Waals surface area (Å²) in [6.45, 7) is 7.10. The minimum Gasteiger partial charge on any atom is -0.479 e. The van der Waals surface area contributed by atoms with Crippen LogP contribution in [0.4, 0.5) is 0 Å². The van der Waals surface area contributed by atoms with Crippen LogP contribution in [-0.4, -0.2) is 18.1 Å². The lowest BCUT2D eigenvalue weighted by Crippen LogP contribution is -2.22. The molecule has 0 radical (unpaired) electrons. The number of halogens is 1. The van der Waals surface area contributed by atoms with Gasteiger partial charge in [0, 0.05) is 22.4 Å². The van der Waals surface area contributed by atoms with Crippen molar-refractivity contribution in [1.29, 1.82) is 5.26 Å². The third kappa shape index (κ3) is 2.94. The molecule has 0 unspecified atom stereocenters. The summed E-state index contributed by atoms with van der Waals surface area (Å²) in [5, 5.41) is 8.50. The molecular weight excluding hydrogens is 316 g/mol. The van der Waals surface area contributed by atoms with Crippen molar-refractivity contribution in [1.82, 2.24) is 4.90 Å². The van der Waals surface area contributed by atoms with Crippen LogP contribution in [0, 0.1) is 11.3 Å². The average Bonchev–Trinajstić information content (AvgIpc) is 2.48. The van der Waals surface area contributed by atoms with Gasteiger partial charge in [0.15, 0.2) is 6.61 Å². The van der Waals surface area contributed by atoms with Crippen molar-refractivity contribution in [3.63, 3.8) is 0 Å². The van der Waals surface area contributed by atoms with Crippen molar-refractivity contribution in [3.8, 4) is 11.8 Å². The zero-order valence-corrected chi connectivity index (χ0v) is 12.9. The van der Waals surface area contributed by atoms with E-state index < -0.39 is 0 Å². The van der Waals surface area contributed by atoms with Gasteiger partial charge in [0.25, 0.3) is 0 Å². The summed E-state index contributed by atoms with van der Waals surface area (Å²) in [6.07, 6.45) is 4.07. The molecule has 2 rings (SSSR count). The van der Waals surface area contributed by atoms with E-state index in [9.17, 15) is 0 Å². The maximum Gasteiger partial charge on any atom is 0.174 e. The predicted octanol–water partition coefficient (Wildman–Crippen LogP) is 4.06. The Bertz CT molecular complexity index is 608. The van der Waals surface area contributed by atoms with Crippen molar-refractivity contribution in [3.05, 3.63) is 58.7 Å². The Morgan fingerprint density at radius 1 is 1.30 bits per heavy atom. The number of hydrogen-bond donors (Lipinski definition) is 0. The fraction of sp³-hybridized carbons (Fsp3) is 0.188. The van der Waals surface area contributed by atoms with Gasteiger partial charge < -0.3 is 9.64 Å². The van der Waals surface area contributed by atoms with Gasteiger partial charge in [0.05, 0.1) is 0 Å². The number of nitriles is 1. The lowest BCUT2D eigenvalue weighted by atomic mass is 10.1. The van der Waals surface area contributed by atoms with Crippen molar-refractivity contribution in [2.24, 2.45) is 0 Å². The van der Waals surface area contributed by atoms with E-state index in [4.69, 9.17) is 10.00 Å². The minimum absolute atomic E-state index is 0.0651. The summed E-state index contributed by atoms with van der Waals surface area (Å²) in [6, 6.07) is 9.67. The molecule has 0 N–H and O–H groups in total. The van der Waals surface area contributed by atoms with E-state index >= 15 is 0 Å². The molecule has 0 aliphatic carbocycles. The highest BCUT2D eigenvalue weighted by Crippen LogP contribution is 2.33. The topological polar surface area (TPSA) is 36.3 Å². The monoisotopic (exact) mass is 330 g/mol. The van der Waals surface area contributed by atoms with Crippen LogP contribution in [0.1, 0.15) is 12.5 Å². The van der Waals surface area contributed by atoms with E-state index in [0.717, 1.165) is 28.0 Å². The number of ether oxygens (including phenoxy) is 1. The SMILES string of the molecule is C=C1C(Br)=CC=C(c2ccc(OCC#N)cc2)N1CC. The first kappa shape index (κ1) is 14.4. The Labute approximate surface area is 127 Å². The Hall–Kier alpha value is -1.99. The first-order valence-corrected chi connectivity index (χ1v) is 7.11. The zero-order chi connectivity index (χ0) is 14.5. The summed E-state index contributed by atoms with van der Waals surface area (Å²) in [5.41, 5.74) is 3.15. The normalized spacial score (nSPS) is 14.4. The van der Waals surface area contributed by atoms with Gasteiger partial charge in [-0.1, -0.05) is 6.58 Å². The van der Waals surface area contributed by atoms with E-state index in [1.807, 2.05) is 36.4 Å². The van der Waals surface area contributed by atoms with E-state index in [1.54, 1.807) is 0 Å². The minimum atomic E-state index is 0.0651. The maximum atomic E-state index is 8.50. The highest BCUT2D eigenvalue weighted by atomic mass is 79.9. The zero-order valence-electron chi connectivity index (χ0n) is 11.3. The Morgan fingerprint density at radius 3 is 2.60 bits per heavy atom. The average molecular weight is 331 g/mol. The summed E-state index contributed by atoms with van der Waals surface area (Å²) < 4.78 is 6.25. The van der Waals surface area contributed by atoms with Crippen LogP contribution in [0.3, 0.4) is 0 Å². The first-order chi connectivity index (χ1) is 9.67. The smallest absolute Gasteiger partial charge is 0.174 e. The molecule has 0 aromatic heterocycles. The van der Waals surface area contributed by atoms with Crippen LogP contribution in [0.25, 0.3) is 5.70 Å². The van der Waals surface area contributed by atoms with Gasteiger partial charge >= 0.3 is 0 Å². The molecule has 4 heteroatoms. The molecule has 0 bridgehead atoms. The lowest BCUT2D eigenvalue weighted by molar-refractivity contribution is 0.368. The number of nitrogens with zero attached hydrogens (tertiary/aromatic N) is 2. The molecule has 0 saturated carbocycles.